The molecule has 1 amide bonds. The number of nitrogens with two attached hydrogens (primary N) is 1. The number of amides is 1. The van der Waals surface area contributed by atoms with Gasteiger partial charge in [-0.3, -0.25) is 10.2 Å². The first kappa shape index (κ1) is 14.5. The number of carbonyl (C=O) groups excluding carboxylic acids is 1. The van der Waals surface area contributed by atoms with E-state index in [1.807, 2.05) is 12.3 Å². The van der Waals surface area contributed by atoms with Gasteiger partial charge in [-0.1, -0.05) is 12.8 Å². The van der Waals surface area contributed by atoms with E-state index in [0.717, 1.165) is 31.6 Å². The highest BCUT2D eigenvalue weighted by Crippen LogP contribution is 2.19. The van der Waals surface area contributed by atoms with Crippen LogP contribution in [0.15, 0.2) is 6.07 Å². The van der Waals surface area contributed by atoms with Gasteiger partial charge in [-0.15, -0.1) is 0 Å². The van der Waals surface area contributed by atoms with E-state index in [4.69, 9.17) is 10.6 Å². The number of hydrogen-bond acceptors (Lipinski definition) is 6. The lowest BCUT2D eigenvalue weighted by Crippen LogP contribution is -2.34. The van der Waals surface area contributed by atoms with Crippen LogP contribution >= 0.6 is 0 Å². The molecule has 3 N–H and O–H groups in total. The highest BCUT2D eigenvalue weighted by molar-refractivity contribution is 5.76. The molecule has 7 nitrogen and oxygen atoms in total. The zero-order valence-electron chi connectivity index (χ0n) is 11.8. The molecule has 1 aliphatic rings. The topological polar surface area (TPSA) is 93.4 Å². The second-order valence-electron chi connectivity index (χ2n) is 4.91. The number of nitrogens with one attached hydrogen (secondary N) is 1. The van der Waals surface area contributed by atoms with Gasteiger partial charge in [-0.2, -0.15) is 4.98 Å². The molecular formula is C13H21N5O2. The highest BCUT2D eigenvalue weighted by Gasteiger charge is 2.14. The minimum absolute atomic E-state index is 0.146. The molecule has 0 saturated carbocycles. The van der Waals surface area contributed by atoms with Crippen LogP contribution < -0.4 is 20.9 Å². The number of carbonyl (C=O) groups is 1. The van der Waals surface area contributed by atoms with Crippen molar-refractivity contribution in [2.45, 2.75) is 32.6 Å². The maximum atomic E-state index is 11.1. The molecule has 0 radical (unpaired) electrons. The van der Waals surface area contributed by atoms with Crippen LogP contribution in [0, 0.1) is 6.92 Å². The summed E-state index contributed by atoms with van der Waals surface area (Å²) in [5, 5.41) is 0. The molecule has 2 rings (SSSR count). The standard InChI is InChI=1S/C13H21N5O2/c1-10-8-12(20-9-11(19)17-14)16-13(15-10)18-6-4-2-3-5-7-18/h8H,2-7,9,14H2,1H3,(H,17,19). The first-order chi connectivity index (χ1) is 9.69. The fraction of sp³-hybridized carbons (Fsp3) is 0.615. The molecule has 20 heavy (non-hydrogen) atoms. The van der Waals surface area contributed by atoms with Gasteiger partial charge in [0.2, 0.25) is 11.8 Å². The summed E-state index contributed by atoms with van der Waals surface area (Å²) in [6, 6.07) is 1.71. The Morgan fingerprint density at radius 1 is 1.35 bits per heavy atom. The maximum Gasteiger partial charge on any atom is 0.271 e. The normalized spacial score (nSPS) is 15.6. The average Bonchev–Trinajstić information content (AvgIpc) is 2.73. The van der Waals surface area contributed by atoms with E-state index in [1.54, 1.807) is 6.07 Å². The molecule has 7 heteroatoms. The molecule has 110 valence electrons. The molecule has 1 aliphatic heterocycles. The van der Waals surface area contributed by atoms with Crippen LogP contribution in [0.4, 0.5) is 5.95 Å². The van der Waals surface area contributed by atoms with Crippen molar-refractivity contribution in [2.75, 3.05) is 24.6 Å². The predicted octanol–water partition coefficient (Wildman–Crippen LogP) is 0.534. The highest BCUT2D eigenvalue weighted by atomic mass is 16.5. The number of hydrazine groups is 1. The fourth-order valence-electron chi connectivity index (χ4n) is 2.19. The van der Waals surface area contributed by atoms with Crippen LogP contribution in [0.1, 0.15) is 31.4 Å². The number of anilines is 1. The Balaban J connectivity index is 2.08. The van der Waals surface area contributed by atoms with Crippen molar-refractivity contribution in [3.63, 3.8) is 0 Å². The second kappa shape index (κ2) is 7.04. The third-order valence-corrected chi connectivity index (χ3v) is 3.22. The number of aryl methyl sites for hydroxylation is 1. The van der Waals surface area contributed by atoms with E-state index in [1.165, 1.54) is 12.8 Å². The average molecular weight is 279 g/mol. The first-order valence-corrected chi connectivity index (χ1v) is 6.92. The van der Waals surface area contributed by atoms with Gasteiger partial charge in [0.15, 0.2) is 6.61 Å². The third kappa shape index (κ3) is 4.06. The maximum absolute atomic E-state index is 11.1. The molecule has 1 aromatic heterocycles. The van der Waals surface area contributed by atoms with Crippen LogP contribution in [0.5, 0.6) is 5.88 Å². The Morgan fingerprint density at radius 2 is 2.05 bits per heavy atom. The monoisotopic (exact) mass is 279 g/mol. The van der Waals surface area contributed by atoms with Crippen molar-refractivity contribution >= 4 is 11.9 Å². The van der Waals surface area contributed by atoms with Gasteiger partial charge in [-0.25, -0.2) is 10.8 Å². The number of rotatable bonds is 4. The van der Waals surface area contributed by atoms with Crippen molar-refractivity contribution in [2.24, 2.45) is 5.84 Å². The smallest absolute Gasteiger partial charge is 0.271 e. The number of hydrogen-bond donors (Lipinski definition) is 2. The summed E-state index contributed by atoms with van der Waals surface area (Å²) in [6.45, 7) is 3.67. The Hall–Kier alpha value is -1.89. The summed E-state index contributed by atoms with van der Waals surface area (Å²) in [6.07, 6.45) is 4.82. The molecular weight excluding hydrogens is 258 g/mol. The molecule has 1 fully saturated rings. The molecule has 0 aliphatic carbocycles. The zero-order valence-corrected chi connectivity index (χ0v) is 11.8. The molecule has 0 aromatic carbocycles. The Bertz CT molecular complexity index is 458. The van der Waals surface area contributed by atoms with E-state index in [-0.39, 0.29) is 6.61 Å². The number of nitrogens with zero attached hydrogens (tertiary/aromatic N) is 3. The van der Waals surface area contributed by atoms with E-state index in [9.17, 15) is 4.79 Å². The largest absolute Gasteiger partial charge is 0.467 e. The van der Waals surface area contributed by atoms with Crippen LogP contribution in [0.3, 0.4) is 0 Å². The van der Waals surface area contributed by atoms with Gasteiger partial charge < -0.3 is 9.64 Å². The van der Waals surface area contributed by atoms with Crippen molar-refractivity contribution in [1.82, 2.24) is 15.4 Å². The Labute approximate surface area is 118 Å². The van der Waals surface area contributed by atoms with Crippen LogP contribution in [0.2, 0.25) is 0 Å². The third-order valence-electron chi connectivity index (χ3n) is 3.22. The molecule has 1 saturated heterocycles. The van der Waals surface area contributed by atoms with E-state index < -0.39 is 5.91 Å². The summed E-state index contributed by atoms with van der Waals surface area (Å²) in [5.41, 5.74) is 2.84. The van der Waals surface area contributed by atoms with E-state index in [2.05, 4.69) is 14.9 Å². The SMILES string of the molecule is Cc1cc(OCC(=O)NN)nc(N2CCCCCC2)n1. The van der Waals surface area contributed by atoms with E-state index >= 15 is 0 Å². The molecule has 2 heterocycles. The Kier molecular flexibility index (Phi) is 5.11. The lowest BCUT2D eigenvalue weighted by molar-refractivity contribution is -0.123. The minimum atomic E-state index is -0.391. The van der Waals surface area contributed by atoms with Crippen molar-refractivity contribution in [1.29, 1.82) is 0 Å². The summed E-state index contributed by atoms with van der Waals surface area (Å²) in [7, 11) is 0. The number of ether oxygens (including phenoxy) is 1. The predicted molar refractivity (Wildman–Crippen MR) is 75.3 cm³/mol. The van der Waals surface area contributed by atoms with Crippen LogP contribution in [0.25, 0.3) is 0 Å². The van der Waals surface area contributed by atoms with Gasteiger partial charge in [0.05, 0.1) is 0 Å². The fourth-order valence-corrected chi connectivity index (χ4v) is 2.19. The quantitative estimate of drug-likeness (QED) is 0.474. The van der Waals surface area contributed by atoms with E-state index in [0.29, 0.717) is 11.8 Å². The molecule has 0 bridgehead atoms. The van der Waals surface area contributed by atoms with Crippen molar-refractivity contribution < 1.29 is 9.53 Å². The van der Waals surface area contributed by atoms with Crippen LogP contribution in [-0.4, -0.2) is 35.6 Å². The summed E-state index contributed by atoms with van der Waals surface area (Å²) in [5.74, 6) is 5.70. The van der Waals surface area contributed by atoms with Crippen molar-refractivity contribution in [3.05, 3.63) is 11.8 Å². The molecule has 0 unspecified atom stereocenters. The first-order valence-electron chi connectivity index (χ1n) is 6.92. The second-order valence-corrected chi connectivity index (χ2v) is 4.91. The lowest BCUT2D eigenvalue weighted by atomic mass is 10.2. The van der Waals surface area contributed by atoms with Gasteiger partial charge in [0, 0.05) is 24.8 Å². The molecule has 0 atom stereocenters. The zero-order chi connectivity index (χ0) is 14.4. The van der Waals surface area contributed by atoms with Crippen molar-refractivity contribution in [3.8, 4) is 5.88 Å². The molecule has 0 spiro atoms. The lowest BCUT2D eigenvalue weighted by Gasteiger charge is -2.20. The van der Waals surface area contributed by atoms with Gasteiger partial charge in [0.1, 0.15) is 0 Å². The van der Waals surface area contributed by atoms with Gasteiger partial charge >= 0.3 is 0 Å². The molecule has 1 aromatic rings. The minimum Gasteiger partial charge on any atom is -0.467 e. The summed E-state index contributed by atoms with van der Waals surface area (Å²) in [4.78, 5) is 22.1. The summed E-state index contributed by atoms with van der Waals surface area (Å²) < 4.78 is 5.33. The Morgan fingerprint density at radius 3 is 2.70 bits per heavy atom. The number of aromatic nitrogens is 2. The van der Waals surface area contributed by atoms with Gasteiger partial charge in [0.25, 0.3) is 5.91 Å². The summed E-state index contributed by atoms with van der Waals surface area (Å²) >= 11 is 0. The van der Waals surface area contributed by atoms with Crippen LogP contribution in [-0.2, 0) is 4.79 Å². The van der Waals surface area contributed by atoms with Gasteiger partial charge in [-0.05, 0) is 19.8 Å².